The first-order chi connectivity index (χ1) is 11.9. The maximum absolute atomic E-state index is 11.0. The van der Waals surface area contributed by atoms with Crippen LogP contribution in [0.25, 0.3) is 21.8 Å². The molecule has 0 saturated heterocycles. The number of pyridine rings is 1. The summed E-state index contributed by atoms with van der Waals surface area (Å²) in [4.78, 5) is 11.0. The number of nitrogens with two attached hydrogens (primary N) is 2. The summed E-state index contributed by atoms with van der Waals surface area (Å²) < 4.78 is 7.20. The quantitative estimate of drug-likeness (QED) is 0.339. The van der Waals surface area contributed by atoms with Crippen LogP contribution in [0.15, 0.2) is 36.4 Å². The van der Waals surface area contributed by atoms with E-state index in [-0.39, 0.29) is 6.54 Å². The lowest BCUT2D eigenvalue weighted by Crippen LogP contribution is -2.48. The van der Waals surface area contributed by atoms with Crippen molar-refractivity contribution >= 4 is 39.1 Å². The fraction of sp³-hybridized carbons (Fsp3) is 0.222. The first-order valence-corrected chi connectivity index (χ1v) is 7.88. The van der Waals surface area contributed by atoms with Crippen LogP contribution in [-0.2, 0) is 11.3 Å². The van der Waals surface area contributed by atoms with Crippen molar-refractivity contribution in [3.8, 4) is 5.75 Å². The Bertz CT molecular complexity index is 972. The summed E-state index contributed by atoms with van der Waals surface area (Å²) in [6, 6.07) is 10.5. The molecular weight excluding hydrogens is 322 g/mol. The van der Waals surface area contributed by atoms with Crippen molar-refractivity contribution in [1.29, 1.82) is 0 Å². The zero-order valence-corrected chi connectivity index (χ0v) is 13.7. The van der Waals surface area contributed by atoms with E-state index in [1.165, 1.54) is 0 Å². The molecule has 0 spiro atoms. The molecule has 7 nitrogen and oxygen atoms in total. The zero-order valence-electron chi connectivity index (χ0n) is 13.7. The minimum Gasteiger partial charge on any atom is -0.547 e. The zero-order chi connectivity index (χ0) is 18.1. The van der Waals surface area contributed by atoms with Gasteiger partial charge in [-0.1, -0.05) is 0 Å². The summed E-state index contributed by atoms with van der Waals surface area (Å²) >= 11 is 0. The second-order valence-electron chi connectivity index (χ2n) is 5.75. The molecule has 0 aliphatic heterocycles. The van der Waals surface area contributed by atoms with Crippen molar-refractivity contribution < 1.29 is 24.3 Å². The van der Waals surface area contributed by atoms with Crippen LogP contribution < -0.4 is 25.9 Å². The Hall–Kier alpha value is -3.06. The van der Waals surface area contributed by atoms with Gasteiger partial charge in [0.2, 0.25) is 11.0 Å². The van der Waals surface area contributed by atoms with Gasteiger partial charge >= 0.3 is 0 Å². The van der Waals surface area contributed by atoms with Crippen LogP contribution in [0.1, 0.15) is 6.92 Å². The standard InChI is InChI=1S/C18H19N3O4/c1-2-25-11-4-6-14-13(8-11)17(20)12-5-3-10(19)7-15(12)21(14)9-16(22)18(23)24/h3-8,16,22H,2,9H2,1H3,(H4,19,20,23,24). The number of hydrogen-bond donors (Lipinski definition) is 3. The predicted octanol–water partition coefficient (Wildman–Crippen LogP) is -0.0456. The maximum Gasteiger partial charge on any atom is 0.217 e. The molecule has 0 radical (unpaired) electrons. The van der Waals surface area contributed by atoms with E-state index in [0.29, 0.717) is 45.5 Å². The largest absolute Gasteiger partial charge is 0.547 e. The van der Waals surface area contributed by atoms with E-state index in [9.17, 15) is 15.0 Å². The predicted molar refractivity (Wildman–Crippen MR) is 92.7 cm³/mol. The number of nitrogen functional groups attached to an aromatic ring is 2. The average Bonchev–Trinajstić information content (AvgIpc) is 2.58. The second-order valence-corrected chi connectivity index (χ2v) is 5.75. The lowest BCUT2D eigenvalue weighted by molar-refractivity contribution is -0.652. The normalized spacial score (nSPS) is 12.4. The summed E-state index contributed by atoms with van der Waals surface area (Å²) in [6.07, 6.45) is -1.66. The number of aliphatic carboxylic acids is 1. The number of anilines is 2. The molecule has 1 atom stereocenters. The van der Waals surface area contributed by atoms with Crippen molar-refractivity contribution in [3.05, 3.63) is 36.4 Å². The molecule has 0 aliphatic rings. The van der Waals surface area contributed by atoms with Gasteiger partial charge in [0.05, 0.1) is 29.0 Å². The molecule has 130 valence electrons. The molecule has 0 amide bonds. The van der Waals surface area contributed by atoms with Crippen LogP contribution in [-0.4, -0.2) is 23.8 Å². The molecule has 25 heavy (non-hydrogen) atoms. The number of fused-ring (bicyclic) bond motifs is 2. The van der Waals surface area contributed by atoms with Crippen LogP contribution in [0, 0.1) is 0 Å². The number of benzene rings is 2. The molecule has 0 bridgehead atoms. The summed E-state index contributed by atoms with van der Waals surface area (Å²) in [5.41, 5.74) is 14.5. The fourth-order valence-corrected chi connectivity index (χ4v) is 2.94. The van der Waals surface area contributed by atoms with Gasteiger partial charge in [0.1, 0.15) is 5.75 Å². The summed E-state index contributed by atoms with van der Waals surface area (Å²) in [5.74, 6) is -0.885. The van der Waals surface area contributed by atoms with Crippen LogP contribution in [0.5, 0.6) is 5.75 Å². The third-order valence-corrected chi connectivity index (χ3v) is 4.09. The van der Waals surface area contributed by atoms with Crippen LogP contribution in [0.3, 0.4) is 0 Å². The van der Waals surface area contributed by atoms with Crippen molar-refractivity contribution in [2.75, 3.05) is 18.1 Å². The number of nitrogens with zero attached hydrogens (tertiary/aromatic N) is 1. The molecule has 1 heterocycles. The number of aliphatic hydroxyl groups excluding tert-OH is 1. The number of rotatable bonds is 5. The van der Waals surface area contributed by atoms with E-state index >= 15 is 0 Å². The smallest absolute Gasteiger partial charge is 0.217 e. The highest BCUT2D eigenvalue weighted by Crippen LogP contribution is 2.30. The molecule has 0 aliphatic carbocycles. The summed E-state index contributed by atoms with van der Waals surface area (Å²) in [6.45, 7) is 2.21. The Kier molecular flexibility index (Phi) is 4.33. The molecular formula is C18H19N3O4. The highest BCUT2D eigenvalue weighted by atomic mass is 16.5. The van der Waals surface area contributed by atoms with Gasteiger partial charge in [-0.2, -0.15) is 4.57 Å². The van der Waals surface area contributed by atoms with Gasteiger partial charge in [0.15, 0.2) is 12.6 Å². The van der Waals surface area contributed by atoms with Crippen molar-refractivity contribution in [2.45, 2.75) is 19.6 Å². The van der Waals surface area contributed by atoms with E-state index in [4.69, 9.17) is 16.2 Å². The topological polar surface area (TPSA) is 126 Å². The van der Waals surface area contributed by atoms with E-state index in [0.717, 1.165) is 0 Å². The molecule has 3 rings (SSSR count). The summed E-state index contributed by atoms with van der Waals surface area (Å²) in [7, 11) is 0. The van der Waals surface area contributed by atoms with E-state index < -0.39 is 12.1 Å². The van der Waals surface area contributed by atoms with E-state index in [1.54, 1.807) is 41.0 Å². The number of carboxylic acid groups (broad SMARTS) is 1. The number of ether oxygens (including phenoxy) is 1. The van der Waals surface area contributed by atoms with E-state index in [2.05, 4.69) is 0 Å². The SMILES string of the molecule is CCOc1ccc2c(c1)c(N)c1ccc(N)cc1[n+]2CC(O)C(=O)[O-]. The Morgan fingerprint density at radius 1 is 1.20 bits per heavy atom. The fourth-order valence-electron chi connectivity index (χ4n) is 2.94. The number of carboxylic acids is 1. The highest BCUT2D eigenvalue weighted by molar-refractivity contribution is 6.04. The third kappa shape index (κ3) is 3.01. The molecule has 2 aromatic carbocycles. The molecule has 1 aromatic heterocycles. The lowest BCUT2D eigenvalue weighted by Gasteiger charge is -2.14. The van der Waals surface area contributed by atoms with Gasteiger partial charge < -0.3 is 31.2 Å². The first kappa shape index (κ1) is 16.8. The van der Waals surface area contributed by atoms with Crippen molar-refractivity contribution in [1.82, 2.24) is 0 Å². The van der Waals surface area contributed by atoms with E-state index in [1.807, 2.05) is 6.92 Å². The summed E-state index contributed by atoms with van der Waals surface area (Å²) in [5, 5.41) is 22.2. The Morgan fingerprint density at radius 2 is 1.96 bits per heavy atom. The maximum atomic E-state index is 11.0. The van der Waals surface area contributed by atoms with Gasteiger partial charge in [0.25, 0.3) is 0 Å². The Labute approximate surface area is 144 Å². The average molecular weight is 341 g/mol. The van der Waals surface area contributed by atoms with Gasteiger partial charge in [0, 0.05) is 17.8 Å². The van der Waals surface area contributed by atoms with Crippen LogP contribution >= 0.6 is 0 Å². The molecule has 0 fully saturated rings. The highest BCUT2D eigenvalue weighted by Gasteiger charge is 2.23. The third-order valence-electron chi connectivity index (χ3n) is 4.09. The van der Waals surface area contributed by atoms with Crippen molar-refractivity contribution in [3.63, 3.8) is 0 Å². The van der Waals surface area contributed by atoms with Crippen LogP contribution in [0.2, 0.25) is 0 Å². The number of hydrogen-bond acceptors (Lipinski definition) is 6. The van der Waals surface area contributed by atoms with Gasteiger partial charge in [-0.25, -0.2) is 0 Å². The second kappa shape index (κ2) is 6.45. The van der Waals surface area contributed by atoms with Crippen LogP contribution in [0.4, 0.5) is 11.4 Å². The number of carbonyl (C=O) groups excluding carboxylic acids is 1. The number of aromatic nitrogens is 1. The number of carbonyl (C=O) groups is 1. The minimum atomic E-state index is -1.66. The monoisotopic (exact) mass is 341 g/mol. The van der Waals surface area contributed by atoms with Gasteiger partial charge in [-0.15, -0.1) is 0 Å². The molecule has 0 saturated carbocycles. The molecule has 5 N–H and O–H groups in total. The minimum absolute atomic E-state index is 0.187. The molecule has 3 aromatic rings. The first-order valence-electron chi connectivity index (χ1n) is 7.88. The number of aliphatic hydroxyl groups is 1. The Balaban J connectivity index is 2.35. The lowest BCUT2D eigenvalue weighted by atomic mass is 10.1. The van der Waals surface area contributed by atoms with Gasteiger partial charge in [-0.05, 0) is 31.2 Å². The molecule has 7 heteroatoms. The Morgan fingerprint density at radius 3 is 2.64 bits per heavy atom. The van der Waals surface area contributed by atoms with Crippen molar-refractivity contribution in [2.24, 2.45) is 0 Å². The van der Waals surface area contributed by atoms with Gasteiger partial charge in [-0.3, -0.25) is 0 Å². The molecule has 1 unspecified atom stereocenters.